The molecule has 7 heteroatoms. The first-order chi connectivity index (χ1) is 9.51. The highest BCUT2D eigenvalue weighted by Gasteiger charge is 2.23. The Hall–Kier alpha value is -2.41. The van der Waals surface area contributed by atoms with Gasteiger partial charge in [-0.2, -0.15) is 0 Å². The van der Waals surface area contributed by atoms with E-state index >= 15 is 0 Å². The summed E-state index contributed by atoms with van der Waals surface area (Å²) in [5, 5.41) is 2.57. The molecule has 0 aliphatic rings. The zero-order valence-electron chi connectivity index (χ0n) is 11.3. The summed E-state index contributed by atoms with van der Waals surface area (Å²) in [5.74, 6) is -0.575. The Morgan fingerprint density at radius 3 is 2.95 bits per heavy atom. The molecule has 1 unspecified atom stereocenters. The summed E-state index contributed by atoms with van der Waals surface area (Å²) in [6.45, 7) is 3.67. The number of aromatic amines is 1. The first kappa shape index (κ1) is 14.0. The van der Waals surface area contributed by atoms with Gasteiger partial charge in [0.15, 0.2) is 6.04 Å². The maximum absolute atomic E-state index is 11.8. The zero-order chi connectivity index (χ0) is 14.7. The van der Waals surface area contributed by atoms with Crippen LogP contribution in [-0.4, -0.2) is 34.5 Å². The second kappa shape index (κ2) is 5.70. The van der Waals surface area contributed by atoms with Crippen LogP contribution in [0, 0.1) is 6.92 Å². The molecule has 0 saturated heterocycles. The summed E-state index contributed by atoms with van der Waals surface area (Å²) in [6.07, 6.45) is 0. The number of amides is 1. The summed E-state index contributed by atoms with van der Waals surface area (Å²) >= 11 is 0. The van der Waals surface area contributed by atoms with Crippen LogP contribution < -0.4 is 11.1 Å². The van der Waals surface area contributed by atoms with Crippen LogP contribution in [0.5, 0.6) is 0 Å². The van der Waals surface area contributed by atoms with Crippen LogP contribution in [-0.2, 0) is 14.3 Å². The fourth-order valence-electron chi connectivity index (χ4n) is 1.77. The van der Waals surface area contributed by atoms with Gasteiger partial charge in [-0.05, 0) is 32.0 Å². The molecule has 1 amide bonds. The number of aryl methyl sites for hydroxylation is 1. The van der Waals surface area contributed by atoms with Crippen molar-refractivity contribution in [1.82, 2.24) is 9.97 Å². The van der Waals surface area contributed by atoms with Crippen LogP contribution in [0.1, 0.15) is 12.7 Å². The number of ether oxygens (including phenoxy) is 1. The highest BCUT2D eigenvalue weighted by Crippen LogP contribution is 2.17. The third-order valence-corrected chi connectivity index (χ3v) is 2.69. The standard InChI is InChI=1S/C13H16N4O3/c1-3-20-13(19)11(14)12(18)17-8-4-5-9-10(6-8)16-7(2)15-9/h4-6,11H,3,14H2,1-2H3,(H,15,16)(H,17,18). The Bertz CT molecular complexity index is 650. The van der Waals surface area contributed by atoms with E-state index in [0.29, 0.717) is 5.69 Å². The molecule has 1 heterocycles. The van der Waals surface area contributed by atoms with Gasteiger partial charge in [-0.25, -0.2) is 9.78 Å². The lowest BCUT2D eigenvalue weighted by Crippen LogP contribution is -2.43. The number of carbonyl (C=O) groups is 2. The van der Waals surface area contributed by atoms with E-state index in [9.17, 15) is 9.59 Å². The molecule has 20 heavy (non-hydrogen) atoms. The molecule has 2 rings (SSSR count). The lowest BCUT2D eigenvalue weighted by Gasteiger charge is -2.11. The number of nitrogens with two attached hydrogens (primary N) is 1. The zero-order valence-corrected chi connectivity index (χ0v) is 11.3. The monoisotopic (exact) mass is 276 g/mol. The second-order valence-corrected chi connectivity index (χ2v) is 4.27. The van der Waals surface area contributed by atoms with Crippen molar-refractivity contribution < 1.29 is 14.3 Å². The number of nitrogens with one attached hydrogen (secondary N) is 2. The first-order valence-electron chi connectivity index (χ1n) is 6.20. The predicted molar refractivity (Wildman–Crippen MR) is 74.1 cm³/mol. The van der Waals surface area contributed by atoms with Crippen LogP contribution in [0.2, 0.25) is 0 Å². The minimum absolute atomic E-state index is 0.180. The number of imidazole rings is 1. The largest absolute Gasteiger partial charge is 0.464 e. The second-order valence-electron chi connectivity index (χ2n) is 4.27. The summed E-state index contributed by atoms with van der Waals surface area (Å²) < 4.78 is 4.70. The summed E-state index contributed by atoms with van der Waals surface area (Å²) in [7, 11) is 0. The quantitative estimate of drug-likeness (QED) is 0.562. The molecule has 1 atom stereocenters. The third-order valence-electron chi connectivity index (χ3n) is 2.69. The molecular formula is C13H16N4O3. The topological polar surface area (TPSA) is 110 Å². The highest BCUT2D eigenvalue weighted by molar-refractivity contribution is 6.08. The predicted octanol–water partition coefficient (Wildman–Crippen LogP) is 0.700. The van der Waals surface area contributed by atoms with Gasteiger partial charge in [0, 0.05) is 5.69 Å². The fourth-order valence-corrected chi connectivity index (χ4v) is 1.77. The maximum atomic E-state index is 11.8. The molecular weight excluding hydrogens is 260 g/mol. The van der Waals surface area contributed by atoms with Crippen LogP contribution in [0.4, 0.5) is 5.69 Å². The molecule has 0 spiro atoms. The molecule has 0 saturated carbocycles. The van der Waals surface area contributed by atoms with Gasteiger partial charge >= 0.3 is 5.97 Å². The molecule has 1 aromatic heterocycles. The van der Waals surface area contributed by atoms with Crippen molar-refractivity contribution in [2.75, 3.05) is 11.9 Å². The third kappa shape index (κ3) is 2.94. The number of rotatable bonds is 4. The molecule has 106 valence electrons. The SMILES string of the molecule is CCOC(=O)C(N)C(=O)Nc1ccc2nc(C)[nH]c2c1. The van der Waals surface area contributed by atoms with E-state index in [0.717, 1.165) is 16.9 Å². The Labute approximate surface area is 115 Å². The van der Waals surface area contributed by atoms with Crippen molar-refractivity contribution in [3.63, 3.8) is 0 Å². The van der Waals surface area contributed by atoms with E-state index < -0.39 is 17.9 Å². The van der Waals surface area contributed by atoms with Crippen molar-refractivity contribution in [3.05, 3.63) is 24.0 Å². The number of fused-ring (bicyclic) bond motifs is 1. The molecule has 0 bridgehead atoms. The summed E-state index contributed by atoms with van der Waals surface area (Å²) in [4.78, 5) is 30.5. The Balaban J connectivity index is 2.11. The van der Waals surface area contributed by atoms with Gasteiger partial charge in [0.25, 0.3) is 5.91 Å². The normalized spacial score (nSPS) is 12.2. The average Bonchev–Trinajstić information content (AvgIpc) is 2.77. The van der Waals surface area contributed by atoms with Crippen molar-refractivity contribution >= 4 is 28.6 Å². The highest BCUT2D eigenvalue weighted by atomic mass is 16.5. The summed E-state index contributed by atoms with van der Waals surface area (Å²) in [6, 6.07) is 3.85. The number of benzene rings is 1. The molecule has 2 aromatic rings. The molecule has 0 aliphatic carbocycles. The van der Waals surface area contributed by atoms with E-state index in [4.69, 9.17) is 10.5 Å². The molecule has 7 nitrogen and oxygen atoms in total. The Morgan fingerprint density at radius 2 is 2.25 bits per heavy atom. The molecule has 0 aliphatic heterocycles. The summed E-state index contributed by atoms with van der Waals surface area (Å²) in [5.41, 5.74) is 7.64. The number of hydrogen-bond acceptors (Lipinski definition) is 5. The lowest BCUT2D eigenvalue weighted by atomic mass is 10.2. The van der Waals surface area contributed by atoms with E-state index in [1.165, 1.54) is 0 Å². The number of carbonyl (C=O) groups excluding carboxylic acids is 2. The van der Waals surface area contributed by atoms with Crippen LogP contribution in [0.3, 0.4) is 0 Å². The van der Waals surface area contributed by atoms with Crippen LogP contribution >= 0.6 is 0 Å². The number of esters is 1. The fraction of sp³-hybridized carbons (Fsp3) is 0.308. The smallest absolute Gasteiger partial charge is 0.332 e. The number of nitrogens with zero attached hydrogens (tertiary/aromatic N) is 1. The van der Waals surface area contributed by atoms with Crippen molar-refractivity contribution in [2.24, 2.45) is 5.73 Å². The van der Waals surface area contributed by atoms with Crippen LogP contribution in [0.25, 0.3) is 11.0 Å². The van der Waals surface area contributed by atoms with Gasteiger partial charge in [0.05, 0.1) is 17.6 Å². The Kier molecular flexibility index (Phi) is 3.99. The maximum Gasteiger partial charge on any atom is 0.332 e. The minimum atomic E-state index is -1.34. The van der Waals surface area contributed by atoms with E-state index in [1.807, 2.05) is 6.92 Å². The van der Waals surface area contributed by atoms with Gasteiger partial charge in [-0.3, -0.25) is 4.79 Å². The van der Waals surface area contributed by atoms with Crippen molar-refractivity contribution in [3.8, 4) is 0 Å². The Morgan fingerprint density at radius 1 is 1.50 bits per heavy atom. The van der Waals surface area contributed by atoms with Crippen molar-refractivity contribution in [2.45, 2.75) is 19.9 Å². The molecule has 1 aromatic carbocycles. The van der Waals surface area contributed by atoms with Crippen molar-refractivity contribution in [1.29, 1.82) is 0 Å². The van der Waals surface area contributed by atoms with Gasteiger partial charge in [-0.15, -0.1) is 0 Å². The number of anilines is 1. The lowest BCUT2D eigenvalue weighted by molar-refractivity contribution is -0.146. The minimum Gasteiger partial charge on any atom is -0.464 e. The van der Waals surface area contributed by atoms with Gasteiger partial charge < -0.3 is 20.8 Å². The van der Waals surface area contributed by atoms with E-state index in [-0.39, 0.29) is 6.61 Å². The van der Waals surface area contributed by atoms with Gasteiger partial charge in [-0.1, -0.05) is 0 Å². The van der Waals surface area contributed by atoms with Crippen LogP contribution in [0.15, 0.2) is 18.2 Å². The molecule has 0 radical (unpaired) electrons. The first-order valence-corrected chi connectivity index (χ1v) is 6.20. The molecule has 0 fully saturated rings. The number of hydrogen-bond donors (Lipinski definition) is 3. The average molecular weight is 276 g/mol. The van der Waals surface area contributed by atoms with E-state index in [2.05, 4.69) is 15.3 Å². The van der Waals surface area contributed by atoms with E-state index in [1.54, 1.807) is 25.1 Å². The van der Waals surface area contributed by atoms with Gasteiger partial charge in [0.1, 0.15) is 5.82 Å². The molecule has 4 N–H and O–H groups in total. The number of H-pyrrole nitrogens is 1. The van der Waals surface area contributed by atoms with Gasteiger partial charge in [0.2, 0.25) is 0 Å². The number of aromatic nitrogens is 2.